The van der Waals surface area contributed by atoms with Gasteiger partial charge in [-0.2, -0.15) is 0 Å². The van der Waals surface area contributed by atoms with Gasteiger partial charge in [0.1, 0.15) is 24.4 Å². The second kappa shape index (κ2) is 48.3. The van der Waals surface area contributed by atoms with Crippen LogP contribution >= 0.6 is 0 Å². The topological polar surface area (TPSA) is 175 Å². The summed E-state index contributed by atoms with van der Waals surface area (Å²) >= 11 is 0. The van der Waals surface area contributed by atoms with Gasteiger partial charge in [0, 0.05) is 6.42 Å². The highest BCUT2D eigenvalue weighted by atomic mass is 16.7. The predicted molar refractivity (Wildman–Crippen MR) is 292 cm³/mol. The Balaban J connectivity index is 2.71. The summed E-state index contributed by atoms with van der Waals surface area (Å²) in [6.07, 6.45) is 48.4. The van der Waals surface area contributed by atoms with Crippen LogP contribution in [0.2, 0.25) is 0 Å². The molecule has 1 aliphatic rings. The summed E-state index contributed by atoms with van der Waals surface area (Å²) in [4.78, 5) is 26.4. The van der Waals surface area contributed by atoms with E-state index in [2.05, 4.69) is 56.5 Å². The van der Waals surface area contributed by atoms with Crippen LogP contribution in [0.25, 0.3) is 0 Å². The van der Waals surface area contributed by atoms with E-state index in [9.17, 15) is 35.1 Å². The summed E-state index contributed by atoms with van der Waals surface area (Å²) in [7, 11) is 0. The number of hydrogen-bond donors (Lipinski definition) is 6. The van der Waals surface area contributed by atoms with Gasteiger partial charge in [0.05, 0.1) is 25.4 Å². The zero-order valence-corrected chi connectivity index (χ0v) is 45.3. The van der Waals surface area contributed by atoms with Gasteiger partial charge >= 0.3 is 5.97 Å². The van der Waals surface area contributed by atoms with Gasteiger partial charge < -0.3 is 45.1 Å². The summed E-state index contributed by atoms with van der Waals surface area (Å²) in [6, 6.07) is -1.03. The Labute approximate surface area is 433 Å². The highest BCUT2D eigenvalue weighted by Gasteiger charge is 2.47. The standard InChI is InChI=1S/C60H107NO10/c1-4-7-10-13-16-19-22-24-25-26-27-28-30-32-35-38-41-44-47-53(64)59(68)61-51(52(63)46-43-40-37-34-31-21-18-15-12-9-6-3)50-69-60-58(57(67)56(66)54(49-62)70-60)71-55(65)48-45-42-39-36-33-29-23-20-17-14-11-8-5-2/h8,11,14,17,20,23-25,43,46,51-54,56-58,60,62-64,66-67H,4-7,9-10,12-13,15-16,18-19,21-22,26-42,44-45,47-50H2,1-3H3,(H,61,68)/b11-8+,17-14+,23-20-,25-24+,46-43+. The third-order valence-electron chi connectivity index (χ3n) is 13.5. The van der Waals surface area contributed by atoms with Crippen LogP contribution in [0, 0.1) is 0 Å². The van der Waals surface area contributed by atoms with Crippen molar-refractivity contribution in [2.24, 2.45) is 0 Å². The maximum atomic E-state index is 13.4. The number of amides is 1. The van der Waals surface area contributed by atoms with Crippen molar-refractivity contribution in [3.63, 3.8) is 0 Å². The zero-order chi connectivity index (χ0) is 51.8. The molecule has 1 rings (SSSR count). The minimum absolute atomic E-state index is 0.0992. The molecule has 1 saturated heterocycles. The van der Waals surface area contributed by atoms with Crippen LogP contribution in [0.15, 0.2) is 60.8 Å². The Kier molecular flexibility index (Phi) is 45.2. The summed E-state index contributed by atoms with van der Waals surface area (Å²) in [5.74, 6) is -1.22. The summed E-state index contributed by atoms with van der Waals surface area (Å²) in [6.45, 7) is 5.62. The summed E-state index contributed by atoms with van der Waals surface area (Å²) in [5, 5.41) is 56.8. The molecule has 8 unspecified atom stereocenters. The molecule has 1 amide bonds. The van der Waals surface area contributed by atoms with E-state index in [1.165, 1.54) is 116 Å². The number of esters is 1. The molecule has 1 fully saturated rings. The van der Waals surface area contributed by atoms with E-state index in [4.69, 9.17) is 14.2 Å². The Bertz CT molecular complexity index is 1380. The first-order valence-corrected chi connectivity index (χ1v) is 29.1. The maximum absolute atomic E-state index is 13.4. The molecule has 71 heavy (non-hydrogen) atoms. The monoisotopic (exact) mass is 1000 g/mol. The Hall–Kier alpha value is -2.64. The lowest BCUT2D eigenvalue weighted by molar-refractivity contribution is -0.305. The van der Waals surface area contributed by atoms with Crippen LogP contribution < -0.4 is 5.32 Å². The number of ether oxygens (including phenoxy) is 3. The fraction of sp³-hybridized carbons (Fsp3) is 0.800. The number of aliphatic hydroxyl groups is 5. The van der Waals surface area contributed by atoms with Crippen LogP contribution in [-0.4, -0.2) is 99.6 Å². The summed E-state index contributed by atoms with van der Waals surface area (Å²) in [5.41, 5.74) is 0. The Morgan fingerprint density at radius 1 is 0.563 bits per heavy atom. The van der Waals surface area contributed by atoms with Crippen molar-refractivity contribution in [1.82, 2.24) is 5.32 Å². The molecule has 0 saturated carbocycles. The van der Waals surface area contributed by atoms with E-state index in [0.29, 0.717) is 12.8 Å². The molecular formula is C60H107NO10. The molecule has 1 aliphatic heterocycles. The second-order valence-corrected chi connectivity index (χ2v) is 20.1. The van der Waals surface area contributed by atoms with Crippen molar-refractivity contribution in [2.75, 3.05) is 13.2 Å². The summed E-state index contributed by atoms with van der Waals surface area (Å²) < 4.78 is 17.5. The van der Waals surface area contributed by atoms with Crippen molar-refractivity contribution in [3.8, 4) is 0 Å². The molecule has 0 bridgehead atoms. The number of aliphatic hydroxyl groups excluding tert-OH is 5. The van der Waals surface area contributed by atoms with Gasteiger partial charge in [-0.05, 0) is 70.6 Å². The van der Waals surface area contributed by atoms with E-state index >= 15 is 0 Å². The van der Waals surface area contributed by atoms with E-state index in [-0.39, 0.29) is 19.4 Å². The molecule has 6 N–H and O–H groups in total. The lowest BCUT2D eigenvalue weighted by atomic mass is 9.99. The van der Waals surface area contributed by atoms with Gasteiger partial charge in [-0.25, -0.2) is 0 Å². The number of unbranched alkanes of at least 4 members (excludes halogenated alkanes) is 28. The van der Waals surface area contributed by atoms with Gasteiger partial charge in [0.25, 0.3) is 0 Å². The third-order valence-corrected chi connectivity index (χ3v) is 13.5. The first-order valence-electron chi connectivity index (χ1n) is 29.1. The fourth-order valence-electron chi connectivity index (χ4n) is 8.82. The number of hydrogen-bond acceptors (Lipinski definition) is 10. The molecule has 0 aromatic heterocycles. The van der Waals surface area contributed by atoms with E-state index in [1.807, 2.05) is 24.3 Å². The van der Waals surface area contributed by atoms with E-state index < -0.39 is 67.4 Å². The molecule has 8 atom stereocenters. The van der Waals surface area contributed by atoms with Crippen molar-refractivity contribution < 1.29 is 49.3 Å². The van der Waals surface area contributed by atoms with Crippen molar-refractivity contribution in [3.05, 3.63) is 60.8 Å². The highest BCUT2D eigenvalue weighted by molar-refractivity contribution is 5.80. The number of rotatable bonds is 48. The van der Waals surface area contributed by atoms with Crippen LogP contribution in [0.5, 0.6) is 0 Å². The van der Waals surface area contributed by atoms with Gasteiger partial charge in [0.2, 0.25) is 5.91 Å². The highest BCUT2D eigenvalue weighted by Crippen LogP contribution is 2.26. The minimum atomic E-state index is -1.62. The number of carbonyl (C=O) groups excluding carboxylic acids is 2. The third kappa shape index (κ3) is 36.9. The Morgan fingerprint density at radius 2 is 1.03 bits per heavy atom. The predicted octanol–water partition coefficient (Wildman–Crippen LogP) is 13.1. The number of carbonyl (C=O) groups is 2. The van der Waals surface area contributed by atoms with Crippen molar-refractivity contribution in [2.45, 2.75) is 294 Å². The zero-order valence-electron chi connectivity index (χ0n) is 45.3. The molecule has 412 valence electrons. The molecule has 0 spiro atoms. The smallest absolute Gasteiger partial charge is 0.306 e. The molecule has 0 aromatic carbocycles. The van der Waals surface area contributed by atoms with Crippen molar-refractivity contribution >= 4 is 11.9 Å². The van der Waals surface area contributed by atoms with Crippen molar-refractivity contribution in [1.29, 1.82) is 0 Å². The number of nitrogens with one attached hydrogen (secondary N) is 1. The van der Waals surface area contributed by atoms with Gasteiger partial charge in [-0.3, -0.25) is 9.59 Å². The van der Waals surface area contributed by atoms with Gasteiger partial charge in [-0.15, -0.1) is 0 Å². The SMILES string of the molecule is CC/C=C/C=C/C=C\CCCCCCCC(=O)OC1C(OCC(NC(=O)C(O)CCCCCCCCCC/C=C/CCCCCCCC)C(O)/C=C/CCCCCCCCCCC)OC(CO)C(O)C1O. The van der Waals surface area contributed by atoms with E-state index in [1.54, 1.807) is 6.08 Å². The normalized spacial score (nSPS) is 20.0. The first-order chi connectivity index (χ1) is 34.7. The van der Waals surface area contributed by atoms with Crippen LogP contribution in [0.1, 0.15) is 245 Å². The fourth-order valence-corrected chi connectivity index (χ4v) is 8.82. The first kappa shape index (κ1) is 66.4. The molecule has 0 radical (unpaired) electrons. The molecule has 11 nitrogen and oxygen atoms in total. The van der Waals surface area contributed by atoms with Gasteiger partial charge in [-0.1, -0.05) is 229 Å². The second-order valence-electron chi connectivity index (χ2n) is 20.1. The number of allylic oxidation sites excluding steroid dienone is 9. The molecular weight excluding hydrogens is 895 g/mol. The molecule has 0 aliphatic carbocycles. The van der Waals surface area contributed by atoms with Crippen LogP contribution in [-0.2, 0) is 23.8 Å². The molecule has 1 heterocycles. The molecule has 0 aromatic rings. The largest absolute Gasteiger partial charge is 0.454 e. The molecule has 11 heteroatoms. The maximum Gasteiger partial charge on any atom is 0.306 e. The van der Waals surface area contributed by atoms with E-state index in [0.717, 1.165) is 83.5 Å². The minimum Gasteiger partial charge on any atom is -0.454 e. The average molecular weight is 1000 g/mol. The lowest BCUT2D eigenvalue weighted by Gasteiger charge is -2.41. The quantitative estimate of drug-likeness (QED) is 0.0149. The lowest BCUT2D eigenvalue weighted by Crippen LogP contribution is -2.61. The van der Waals surface area contributed by atoms with Crippen LogP contribution in [0.3, 0.4) is 0 Å². The Morgan fingerprint density at radius 3 is 1.55 bits per heavy atom. The van der Waals surface area contributed by atoms with Gasteiger partial charge in [0.15, 0.2) is 12.4 Å². The average Bonchev–Trinajstić information content (AvgIpc) is 3.37. The van der Waals surface area contributed by atoms with Crippen LogP contribution in [0.4, 0.5) is 0 Å².